The molecule has 0 fully saturated rings. The summed E-state index contributed by atoms with van der Waals surface area (Å²) in [5, 5.41) is 9.15. The zero-order chi connectivity index (χ0) is 11.5. The van der Waals surface area contributed by atoms with Crippen molar-refractivity contribution >= 4 is 0 Å². The Hall–Kier alpha value is -0.290. The van der Waals surface area contributed by atoms with Gasteiger partial charge in [0, 0.05) is 6.54 Å². The van der Waals surface area contributed by atoms with Crippen LogP contribution in [0.25, 0.3) is 0 Å². The van der Waals surface area contributed by atoms with Crippen molar-refractivity contribution in [2.45, 2.75) is 39.1 Å². The summed E-state index contributed by atoms with van der Waals surface area (Å²) in [6.45, 7) is 4.66. The molecule has 14 heavy (non-hydrogen) atoms. The SMILES string of the molecule is CC(O)C(C)CN(C)C(C)C(F)(F)F. The first-order valence-corrected chi connectivity index (χ1v) is 4.61. The highest BCUT2D eigenvalue weighted by molar-refractivity contribution is 4.74. The van der Waals surface area contributed by atoms with Gasteiger partial charge in [0.1, 0.15) is 6.04 Å². The third kappa shape index (κ3) is 4.28. The molecule has 0 aromatic carbocycles. The molecule has 0 bridgehead atoms. The van der Waals surface area contributed by atoms with Gasteiger partial charge in [-0.05, 0) is 26.8 Å². The standard InChI is InChI=1S/C9H18F3NO/c1-6(7(2)14)5-13(4)8(3)9(10,11)12/h6-8,14H,5H2,1-4H3. The van der Waals surface area contributed by atoms with Gasteiger partial charge in [-0.1, -0.05) is 6.92 Å². The van der Waals surface area contributed by atoms with Crippen LogP contribution in [0, 0.1) is 5.92 Å². The average Bonchev–Trinajstić information content (AvgIpc) is 2.00. The minimum absolute atomic E-state index is 0.162. The van der Waals surface area contributed by atoms with E-state index in [9.17, 15) is 13.2 Å². The topological polar surface area (TPSA) is 23.5 Å². The lowest BCUT2D eigenvalue weighted by Gasteiger charge is -2.29. The van der Waals surface area contributed by atoms with E-state index in [0.29, 0.717) is 0 Å². The van der Waals surface area contributed by atoms with Crippen molar-refractivity contribution in [3.05, 3.63) is 0 Å². The summed E-state index contributed by atoms with van der Waals surface area (Å²) in [4.78, 5) is 1.21. The zero-order valence-electron chi connectivity index (χ0n) is 8.97. The normalized spacial score (nSPS) is 19.5. The van der Waals surface area contributed by atoms with Gasteiger partial charge in [0.15, 0.2) is 0 Å². The third-order valence-corrected chi connectivity index (χ3v) is 2.53. The van der Waals surface area contributed by atoms with Crippen molar-refractivity contribution in [1.29, 1.82) is 0 Å². The van der Waals surface area contributed by atoms with Crippen LogP contribution in [-0.2, 0) is 0 Å². The van der Waals surface area contributed by atoms with E-state index in [1.165, 1.54) is 11.9 Å². The summed E-state index contributed by atoms with van der Waals surface area (Å²) in [5.41, 5.74) is 0. The summed E-state index contributed by atoms with van der Waals surface area (Å²) in [7, 11) is 1.41. The lowest BCUT2D eigenvalue weighted by atomic mass is 10.1. The maximum absolute atomic E-state index is 12.2. The van der Waals surface area contributed by atoms with Gasteiger partial charge in [-0.15, -0.1) is 0 Å². The monoisotopic (exact) mass is 213 g/mol. The molecule has 0 radical (unpaired) electrons. The van der Waals surface area contributed by atoms with Crippen molar-refractivity contribution in [3.8, 4) is 0 Å². The summed E-state index contributed by atoms with van der Waals surface area (Å²) in [5.74, 6) is -0.162. The van der Waals surface area contributed by atoms with Crippen molar-refractivity contribution in [2.24, 2.45) is 5.92 Å². The number of alkyl halides is 3. The maximum Gasteiger partial charge on any atom is 0.403 e. The van der Waals surface area contributed by atoms with E-state index in [2.05, 4.69) is 0 Å². The molecule has 3 atom stereocenters. The highest BCUT2D eigenvalue weighted by atomic mass is 19.4. The molecule has 0 aromatic rings. The maximum atomic E-state index is 12.2. The number of hydrogen-bond donors (Lipinski definition) is 1. The fourth-order valence-electron chi connectivity index (χ4n) is 1.01. The Morgan fingerprint density at radius 3 is 1.93 bits per heavy atom. The number of rotatable bonds is 4. The van der Waals surface area contributed by atoms with Crippen LogP contribution < -0.4 is 0 Å². The van der Waals surface area contributed by atoms with Gasteiger partial charge < -0.3 is 5.11 Å². The van der Waals surface area contributed by atoms with Gasteiger partial charge in [-0.25, -0.2) is 0 Å². The Morgan fingerprint density at radius 2 is 1.64 bits per heavy atom. The second-order valence-corrected chi connectivity index (χ2v) is 3.88. The summed E-state index contributed by atoms with van der Waals surface area (Å²) >= 11 is 0. The molecule has 0 saturated carbocycles. The molecule has 0 amide bonds. The van der Waals surface area contributed by atoms with E-state index in [-0.39, 0.29) is 12.5 Å². The fraction of sp³-hybridized carbons (Fsp3) is 1.00. The third-order valence-electron chi connectivity index (χ3n) is 2.53. The molecule has 0 heterocycles. The number of hydrogen-bond acceptors (Lipinski definition) is 2. The molecule has 5 heteroatoms. The molecule has 86 valence electrons. The molecule has 0 aliphatic carbocycles. The Bertz CT molecular complexity index is 170. The molecular formula is C9H18F3NO. The summed E-state index contributed by atoms with van der Waals surface area (Å²) in [6, 6.07) is -1.47. The van der Waals surface area contributed by atoms with Crippen LogP contribution in [0.1, 0.15) is 20.8 Å². The van der Waals surface area contributed by atoms with E-state index < -0.39 is 18.3 Å². The lowest BCUT2D eigenvalue weighted by Crippen LogP contribution is -2.44. The van der Waals surface area contributed by atoms with Crippen LogP contribution in [0.15, 0.2) is 0 Å². The van der Waals surface area contributed by atoms with Crippen molar-refractivity contribution in [3.63, 3.8) is 0 Å². The highest BCUT2D eigenvalue weighted by Gasteiger charge is 2.38. The number of halogens is 3. The Labute approximate surface area is 82.7 Å². The van der Waals surface area contributed by atoms with Crippen LogP contribution in [0.5, 0.6) is 0 Å². The number of aliphatic hydroxyl groups is 1. The first-order valence-electron chi connectivity index (χ1n) is 4.61. The van der Waals surface area contributed by atoms with E-state index in [0.717, 1.165) is 6.92 Å². The van der Waals surface area contributed by atoms with Crippen LogP contribution in [0.2, 0.25) is 0 Å². The molecule has 3 unspecified atom stereocenters. The Kier molecular flexibility index (Phi) is 4.88. The van der Waals surface area contributed by atoms with Gasteiger partial charge >= 0.3 is 6.18 Å². The van der Waals surface area contributed by atoms with Crippen LogP contribution in [-0.4, -0.2) is 41.9 Å². The molecule has 2 nitrogen and oxygen atoms in total. The molecule has 0 saturated heterocycles. The lowest BCUT2D eigenvalue weighted by molar-refractivity contribution is -0.177. The van der Waals surface area contributed by atoms with Gasteiger partial charge in [-0.3, -0.25) is 4.90 Å². The van der Waals surface area contributed by atoms with E-state index in [1.54, 1.807) is 13.8 Å². The van der Waals surface area contributed by atoms with E-state index in [4.69, 9.17) is 5.11 Å². The predicted octanol–water partition coefficient (Wildman–Crippen LogP) is 1.89. The number of aliphatic hydroxyl groups excluding tert-OH is 1. The van der Waals surface area contributed by atoms with Gasteiger partial charge in [0.05, 0.1) is 6.10 Å². The summed E-state index contributed by atoms with van der Waals surface area (Å²) in [6.07, 6.45) is -4.79. The minimum atomic E-state index is -4.20. The van der Waals surface area contributed by atoms with Crippen molar-refractivity contribution in [1.82, 2.24) is 4.90 Å². The predicted molar refractivity (Wildman–Crippen MR) is 49.0 cm³/mol. The first kappa shape index (κ1) is 13.7. The van der Waals surface area contributed by atoms with Gasteiger partial charge in [-0.2, -0.15) is 13.2 Å². The molecule has 0 rings (SSSR count). The molecule has 0 aliphatic rings. The largest absolute Gasteiger partial charge is 0.403 e. The van der Waals surface area contributed by atoms with E-state index >= 15 is 0 Å². The fourth-order valence-corrected chi connectivity index (χ4v) is 1.01. The van der Waals surface area contributed by atoms with Crippen LogP contribution in [0.3, 0.4) is 0 Å². The molecular weight excluding hydrogens is 195 g/mol. The molecule has 0 aromatic heterocycles. The van der Waals surface area contributed by atoms with Gasteiger partial charge in [0.25, 0.3) is 0 Å². The van der Waals surface area contributed by atoms with Gasteiger partial charge in [0.2, 0.25) is 0 Å². The van der Waals surface area contributed by atoms with E-state index in [1.807, 2.05) is 0 Å². The second-order valence-electron chi connectivity index (χ2n) is 3.88. The summed E-state index contributed by atoms with van der Waals surface area (Å²) < 4.78 is 36.7. The number of nitrogens with zero attached hydrogens (tertiary/aromatic N) is 1. The molecule has 0 aliphatic heterocycles. The minimum Gasteiger partial charge on any atom is -0.393 e. The van der Waals surface area contributed by atoms with Crippen LogP contribution >= 0.6 is 0 Å². The zero-order valence-corrected chi connectivity index (χ0v) is 8.97. The van der Waals surface area contributed by atoms with Crippen molar-refractivity contribution < 1.29 is 18.3 Å². The second kappa shape index (κ2) is 4.98. The highest BCUT2D eigenvalue weighted by Crippen LogP contribution is 2.24. The average molecular weight is 213 g/mol. The van der Waals surface area contributed by atoms with Crippen molar-refractivity contribution in [2.75, 3.05) is 13.6 Å². The smallest absolute Gasteiger partial charge is 0.393 e. The Morgan fingerprint density at radius 1 is 1.21 bits per heavy atom. The molecule has 1 N–H and O–H groups in total. The first-order chi connectivity index (χ1) is 6.16. The molecule has 0 spiro atoms. The quantitative estimate of drug-likeness (QED) is 0.770. The van der Waals surface area contributed by atoms with Crippen LogP contribution in [0.4, 0.5) is 13.2 Å². The Balaban J connectivity index is 4.15.